The first-order valence-electron chi connectivity index (χ1n) is 9.22. The number of ether oxygens (including phenoxy) is 1. The van der Waals surface area contributed by atoms with E-state index in [2.05, 4.69) is 19.2 Å². The fraction of sp³-hybridized carbons (Fsp3) is 0.208. The molecule has 0 spiro atoms. The maximum absolute atomic E-state index is 12.2. The molecule has 0 fully saturated rings. The number of amides is 1. The summed E-state index contributed by atoms with van der Waals surface area (Å²) in [5.74, 6) is 0.727. The topological polar surface area (TPSA) is 58.6 Å². The average Bonchev–Trinajstić information content (AvgIpc) is 2.65. The van der Waals surface area contributed by atoms with Gasteiger partial charge in [-0.15, -0.1) is 0 Å². The van der Waals surface area contributed by atoms with Crippen molar-refractivity contribution in [1.29, 1.82) is 0 Å². The van der Waals surface area contributed by atoms with Crippen LogP contribution in [0.4, 0.5) is 10.5 Å². The quantitative estimate of drug-likeness (QED) is 0.593. The first kappa shape index (κ1) is 19.5. The molecule has 0 aliphatic rings. The molecule has 0 aliphatic heterocycles. The molecule has 144 valence electrons. The molecule has 1 amide bonds. The van der Waals surface area contributed by atoms with Gasteiger partial charge in [0.15, 0.2) is 0 Å². The second-order valence-electron chi connectivity index (χ2n) is 7.53. The maximum atomic E-state index is 12.2. The monoisotopic (exact) mass is 375 g/mol. The molecule has 0 saturated heterocycles. The molecule has 28 heavy (non-hydrogen) atoms. The molecule has 3 rings (SSSR count). The van der Waals surface area contributed by atoms with Crippen molar-refractivity contribution in [3.8, 4) is 11.5 Å². The summed E-state index contributed by atoms with van der Waals surface area (Å²) < 4.78 is 5.41. The molecule has 0 radical (unpaired) electrons. The molecule has 0 atom stereocenters. The Morgan fingerprint density at radius 3 is 2.04 bits per heavy atom. The van der Waals surface area contributed by atoms with E-state index in [4.69, 9.17) is 4.74 Å². The fourth-order valence-corrected chi connectivity index (χ4v) is 3.18. The van der Waals surface area contributed by atoms with Crippen LogP contribution in [0.15, 0.2) is 66.7 Å². The smallest absolute Gasteiger partial charge is 0.417 e. The average molecular weight is 375 g/mol. The van der Waals surface area contributed by atoms with Gasteiger partial charge < -0.3 is 9.84 Å². The number of hydrogen-bond acceptors (Lipinski definition) is 3. The molecular formula is C24H25NO3. The van der Waals surface area contributed by atoms with E-state index in [1.165, 1.54) is 0 Å². The van der Waals surface area contributed by atoms with Crippen LogP contribution in [0, 0.1) is 13.8 Å². The lowest BCUT2D eigenvalue weighted by atomic mass is 9.78. The fourth-order valence-electron chi connectivity index (χ4n) is 3.18. The van der Waals surface area contributed by atoms with Crippen molar-refractivity contribution >= 4 is 11.8 Å². The first-order chi connectivity index (χ1) is 13.3. The molecule has 4 heteroatoms. The zero-order valence-corrected chi connectivity index (χ0v) is 16.6. The van der Waals surface area contributed by atoms with Crippen molar-refractivity contribution in [2.75, 3.05) is 5.32 Å². The Morgan fingerprint density at radius 1 is 0.893 bits per heavy atom. The summed E-state index contributed by atoms with van der Waals surface area (Å²) >= 11 is 0. The van der Waals surface area contributed by atoms with Crippen LogP contribution in [0.5, 0.6) is 11.5 Å². The lowest BCUT2D eigenvalue weighted by Gasteiger charge is -2.26. The minimum atomic E-state index is -0.516. The van der Waals surface area contributed by atoms with Crippen molar-refractivity contribution < 1.29 is 14.6 Å². The van der Waals surface area contributed by atoms with Gasteiger partial charge in [0.1, 0.15) is 11.5 Å². The minimum Gasteiger partial charge on any atom is -0.508 e. The Morgan fingerprint density at radius 2 is 1.46 bits per heavy atom. The Balaban J connectivity index is 1.70. The van der Waals surface area contributed by atoms with Crippen LogP contribution in [0.3, 0.4) is 0 Å². The second kappa shape index (κ2) is 7.77. The van der Waals surface area contributed by atoms with Gasteiger partial charge in [-0.05, 0) is 60.9 Å². The predicted molar refractivity (Wildman–Crippen MR) is 112 cm³/mol. The SMILES string of the molecule is Cc1ccc(NC(=O)Oc2ccc(C(C)(C)c3ccc(O)cc3)cc2)c(C)c1. The molecule has 3 aromatic carbocycles. The number of rotatable bonds is 4. The summed E-state index contributed by atoms with van der Waals surface area (Å²) in [6, 6.07) is 20.5. The molecule has 0 saturated carbocycles. The van der Waals surface area contributed by atoms with Crippen molar-refractivity contribution in [2.45, 2.75) is 33.1 Å². The normalized spacial score (nSPS) is 11.1. The van der Waals surface area contributed by atoms with Gasteiger partial charge in [0.05, 0.1) is 0 Å². The van der Waals surface area contributed by atoms with Crippen LogP contribution in [-0.2, 0) is 5.41 Å². The van der Waals surface area contributed by atoms with E-state index in [-0.39, 0.29) is 11.2 Å². The molecule has 0 aromatic heterocycles. The molecular weight excluding hydrogens is 350 g/mol. The van der Waals surface area contributed by atoms with E-state index < -0.39 is 6.09 Å². The zero-order valence-electron chi connectivity index (χ0n) is 16.6. The van der Waals surface area contributed by atoms with Gasteiger partial charge in [0, 0.05) is 11.1 Å². The van der Waals surface area contributed by atoms with Gasteiger partial charge in [0.2, 0.25) is 0 Å². The van der Waals surface area contributed by atoms with Crippen molar-refractivity contribution in [2.24, 2.45) is 0 Å². The third-order valence-corrected chi connectivity index (χ3v) is 4.99. The number of nitrogens with one attached hydrogen (secondary N) is 1. The Kier molecular flexibility index (Phi) is 5.41. The molecule has 0 heterocycles. The summed E-state index contributed by atoms with van der Waals surface area (Å²) in [4.78, 5) is 12.2. The standard InChI is InChI=1S/C24H25NO3/c1-16-5-14-22(17(2)15-16)25-23(27)28-21-12-8-19(9-13-21)24(3,4)18-6-10-20(26)11-7-18/h5-15,26H,1-4H3,(H,25,27). The van der Waals surface area contributed by atoms with Crippen LogP contribution >= 0.6 is 0 Å². The largest absolute Gasteiger partial charge is 0.508 e. The lowest BCUT2D eigenvalue weighted by molar-refractivity contribution is 0.215. The zero-order chi connectivity index (χ0) is 20.3. The summed E-state index contributed by atoms with van der Waals surface area (Å²) in [7, 11) is 0. The van der Waals surface area contributed by atoms with Gasteiger partial charge in [-0.3, -0.25) is 5.32 Å². The number of phenolic OH excluding ortho intramolecular Hbond substituents is 1. The van der Waals surface area contributed by atoms with Gasteiger partial charge in [0.25, 0.3) is 0 Å². The number of carbonyl (C=O) groups is 1. The number of anilines is 1. The molecule has 4 nitrogen and oxygen atoms in total. The summed E-state index contributed by atoms with van der Waals surface area (Å²) in [5.41, 5.74) is 4.80. The number of carbonyl (C=O) groups excluding carboxylic acids is 1. The third-order valence-electron chi connectivity index (χ3n) is 4.99. The van der Waals surface area contributed by atoms with Gasteiger partial charge in [-0.1, -0.05) is 55.8 Å². The predicted octanol–water partition coefficient (Wildman–Crippen LogP) is 5.95. The molecule has 2 N–H and O–H groups in total. The summed E-state index contributed by atoms with van der Waals surface area (Å²) in [6.07, 6.45) is -0.516. The van der Waals surface area contributed by atoms with E-state index >= 15 is 0 Å². The molecule has 0 bridgehead atoms. The van der Waals surface area contributed by atoms with Crippen molar-refractivity contribution in [1.82, 2.24) is 0 Å². The van der Waals surface area contributed by atoms with Crippen molar-refractivity contribution in [3.63, 3.8) is 0 Å². The van der Waals surface area contributed by atoms with E-state index in [1.54, 1.807) is 24.3 Å². The highest BCUT2D eigenvalue weighted by Crippen LogP contribution is 2.33. The summed E-state index contributed by atoms with van der Waals surface area (Å²) in [5, 5.41) is 12.3. The molecule has 0 aliphatic carbocycles. The van der Waals surface area contributed by atoms with Crippen LogP contribution in [0.1, 0.15) is 36.1 Å². The minimum absolute atomic E-state index is 0.243. The highest BCUT2D eigenvalue weighted by molar-refractivity contribution is 5.87. The number of phenols is 1. The number of hydrogen-bond donors (Lipinski definition) is 2. The Labute approximate surface area is 165 Å². The van der Waals surface area contributed by atoms with Crippen LogP contribution in [-0.4, -0.2) is 11.2 Å². The molecule has 0 unspecified atom stereocenters. The van der Waals surface area contributed by atoms with Gasteiger partial charge >= 0.3 is 6.09 Å². The first-order valence-corrected chi connectivity index (χ1v) is 9.22. The van der Waals surface area contributed by atoms with E-state index in [9.17, 15) is 9.90 Å². The maximum Gasteiger partial charge on any atom is 0.417 e. The number of benzene rings is 3. The Hall–Kier alpha value is -3.27. The van der Waals surface area contributed by atoms with E-state index in [0.717, 1.165) is 27.9 Å². The van der Waals surface area contributed by atoms with Gasteiger partial charge in [-0.2, -0.15) is 0 Å². The van der Waals surface area contributed by atoms with Crippen molar-refractivity contribution in [3.05, 3.63) is 89.0 Å². The third kappa shape index (κ3) is 4.34. The molecule has 3 aromatic rings. The van der Waals surface area contributed by atoms with Crippen LogP contribution in [0.2, 0.25) is 0 Å². The second-order valence-corrected chi connectivity index (χ2v) is 7.53. The highest BCUT2D eigenvalue weighted by Gasteiger charge is 2.23. The van der Waals surface area contributed by atoms with E-state index in [1.807, 2.05) is 56.3 Å². The summed E-state index contributed by atoms with van der Waals surface area (Å²) in [6.45, 7) is 8.18. The number of aromatic hydroxyl groups is 1. The van der Waals surface area contributed by atoms with E-state index in [0.29, 0.717) is 5.75 Å². The van der Waals surface area contributed by atoms with Crippen LogP contribution < -0.4 is 10.1 Å². The lowest BCUT2D eigenvalue weighted by Crippen LogP contribution is -2.19. The van der Waals surface area contributed by atoms with Crippen LogP contribution in [0.25, 0.3) is 0 Å². The van der Waals surface area contributed by atoms with Gasteiger partial charge in [-0.25, -0.2) is 4.79 Å². The Bertz CT molecular complexity index is 974. The highest BCUT2D eigenvalue weighted by atomic mass is 16.6. The number of aryl methyl sites for hydroxylation is 2.